The van der Waals surface area contributed by atoms with E-state index in [1.165, 1.54) is 0 Å². The average molecular weight is 377 g/mol. The molecule has 0 aliphatic carbocycles. The number of amides is 1. The summed E-state index contributed by atoms with van der Waals surface area (Å²) in [7, 11) is 0. The van der Waals surface area contributed by atoms with Crippen LogP contribution in [0.5, 0.6) is 5.75 Å². The van der Waals surface area contributed by atoms with E-state index in [1.807, 2.05) is 12.1 Å². The Morgan fingerprint density at radius 3 is 2.33 bits per heavy atom. The quantitative estimate of drug-likeness (QED) is 0.700. The Balaban J connectivity index is 3.04. The molecule has 0 aromatic heterocycles. The maximum absolute atomic E-state index is 11.9. The van der Waals surface area contributed by atoms with Gasteiger partial charge < -0.3 is 19.9 Å². The Kier molecular flexibility index (Phi) is 7.46. The molecule has 1 aromatic rings. The van der Waals surface area contributed by atoms with Crippen LogP contribution in [0.1, 0.15) is 52.7 Å². The topological polar surface area (TPSA) is 84.9 Å². The Bertz CT molecular complexity index is 683. The predicted molar refractivity (Wildman–Crippen MR) is 105 cm³/mol. The Hall–Kier alpha value is -2.50. The molecule has 1 rings (SSSR count). The minimum atomic E-state index is -1.12. The molecular weight excluding hydrogens is 346 g/mol. The van der Waals surface area contributed by atoms with Gasteiger partial charge in [0.05, 0.1) is 0 Å². The van der Waals surface area contributed by atoms with Gasteiger partial charge in [0, 0.05) is 6.42 Å². The average Bonchev–Trinajstić information content (AvgIpc) is 2.50. The maximum Gasteiger partial charge on any atom is 0.408 e. The van der Waals surface area contributed by atoms with Crippen LogP contribution >= 0.6 is 0 Å². The number of hydrogen-bond acceptors (Lipinski definition) is 4. The summed E-state index contributed by atoms with van der Waals surface area (Å²) in [4.78, 5) is 23.5. The van der Waals surface area contributed by atoms with Gasteiger partial charge in [0.25, 0.3) is 0 Å². The van der Waals surface area contributed by atoms with Crippen molar-refractivity contribution >= 4 is 12.1 Å². The van der Waals surface area contributed by atoms with E-state index in [9.17, 15) is 14.7 Å². The summed E-state index contributed by atoms with van der Waals surface area (Å²) in [6, 6.07) is 4.46. The highest BCUT2D eigenvalue weighted by atomic mass is 16.6. The number of carboxylic acids is 1. The van der Waals surface area contributed by atoms with Gasteiger partial charge in [0.15, 0.2) is 0 Å². The van der Waals surface area contributed by atoms with Crippen LogP contribution in [0.2, 0.25) is 0 Å². The largest absolute Gasteiger partial charge is 0.489 e. The van der Waals surface area contributed by atoms with E-state index < -0.39 is 23.7 Å². The van der Waals surface area contributed by atoms with Crippen LogP contribution in [0.4, 0.5) is 4.79 Å². The fourth-order valence-corrected chi connectivity index (χ4v) is 2.45. The van der Waals surface area contributed by atoms with Crippen molar-refractivity contribution in [3.63, 3.8) is 0 Å². The van der Waals surface area contributed by atoms with Crippen molar-refractivity contribution in [2.24, 2.45) is 0 Å². The van der Waals surface area contributed by atoms with Crippen molar-refractivity contribution in [2.45, 2.75) is 65.0 Å². The van der Waals surface area contributed by atoms with Crippen LogP contribution in [-0.2, 0) is 21.4 Å². The minimum absolute atomic E-state index is 0.138. The van der Waals surface area contributed by atoms with Crippen molar-refractivity contribution in [2.75, 3.05) is 6.61 Å². The number of ether oxygens (including phenoxy) is 2. The summed E-state index contributed by atoms with van der Waals surface area (Å²) in [6.45, 7) is 15.4. The lowest BCUT2D eigenvalue weighted by atomic mass is 9.84. The summed E-state index contributed by atoms with van der Waals surface area (Å²) in [6.07, 6.45) is 1.06. The molecule has 27 heavy (non-hydrogen) atoms. The van der Waals surface area contributed by atoms with Gasteiger partial charge in [-0.1, -0.05) is 45.6 Å². The first-order chi connectivity index (χ1) is 12.3. The van der Waals surface area contributed by atoms with E-state index in [0.717, 1.165) is 16.9 Å². The second-order valence-electron chi connectivity index (χ2n) is 8.42. The summed E-state index contributed by atoms with van der Waals surface area (Å²) in [5, 5.41) is 11.9. The molecule has 1 aromatic carbocycles. The summed E-state index contributed by atoms with van der Waals surface area (Å²) >= 11 is 0. The number of hydrogen-bond donors (Lipinski definition) is 2. The first-order valence-corrected chi connectivity index (χ1v) is 8.93. The molecule has 0 fully saturated rings. The molecule has 6 nitrogen and oxygen atoms in total. The van der Waals surface area contributed by atoms with Crippen molar-refractivity contribution in [3.05, 3.63) is 42.0 Å². The standard InChI is InChI=1S/C21H31NO5/c1-8-11-26-17-10-9-14(12-15(17)20(2,3)4)13-16(18(23)24)22-19(25)27-21(5,6)7/h8-10,12,16H,1,11,13H2,2-7H3,(H,22,25)(H,23,24). The van der Waals surface area contributed by atoms with Crippen molar-refractivity contribution in [1.82, 2.24) is 5.32 Å². The fourth-order valence-electron chi connectivity index (χ4n) is 2.45. The smallest absolute Gasteiger partial charge is 0.408 e. The van der Waals surface area contributed by atoms with E-state index in [2.05, 4.69) is 32.7 Å². The summed E-state index contributed by atoms with van der Waals surface area (Å²) in [5.74, 6) is -0.386. The lowest BCUT2D eigenvalue weighted by molar-refractivity contribution is -0.139. The van der Waals surface area contributed by atoms with Gasteiger partial charge in [-0.05, 0) is 43.4 Å². The Morgan fingerprint density at radius 2 is 1.85 bits per heavy atom. The molecule has 0 saturated carbocycles. The molecule has 1 atom stereocenters. The van der Waals surface area contributed by atoms with E-state index in [1.54, 1.807) is 32.9 Å². The van der Waals surface area contributed by atoms with E-state index in [-0.39, 0.29) is 11.8 Å². The summed E-state index contributed by atoms with van der Waals surface area (Å²) in [5.41, 5.74) is 0.859. The zero-order chi connectivity index (χ0) is 20.8. The van der Waals surface area contributed by atoms with E-state index >= 15 is 0 Å². The molecule has 0 aliphatic heterocycles. The lowest BCUT2D eigenvalue weighted by Crippen LogP contribution is -2.44. The third-order valence-corrected chi connectivity index (χ3v) is 3.64. The van der Waals surface area contributed by atoms with Crippen molar-refractivity contribution < 1.29 is 24.2 Å². The number of carbonyl (C=O) groups is 2. The lowest BCUT2D eigenvalue weighted by Gasteiger charge is -2.25. The summed E-state index contributed by atoms with van der Waals surface area (Å²) < 4.78 is 10.9. The van der Waals surface area contributed by atoms with Gasteiger partial charge in [-0.15, -0.1) is 0 Å². The Morgan fingerprint density at radius 1 is 1.22 bits per heavy atom. The number of alkyl carbamates (subject to hydrolysis) is 1. The van der Waals surface area contributed by atoms with Crippen molar-refractivity contribution in [3.8, 4) is 5.75 Å². The zero-order valence-corrected chi connectivity index (χ0v) is 17.1. The molecule has 1 unspecified atom stereocenters. The number of carboxylic acid groups (broad SMARTS) is 1. The molecule has 2 N–H and O–H groups in total. The van der Waals surface area contributed by atoms with Crippen LogP contribution < -0.4 is 10.1 Å². The highest BCUT2D eigenvalue weighted by Gasteiger charge is 2.26. The van der Waals surface area contributed by atoms with Crippen LogP contribution in [0, 0.1) is 0 Å². The van der Waals surface area contributed by atoms with Gasteiger partial charge in [0.2, 0.25) is 0 Å². The maximum atomic E-state index is 11.9. The number of rotatable bonds is 7. The third kappa shape index (κ3) is 7.72. The monoisotopic (exact) mass is 377 g/mol. The predicted octanol–water partition coefficient (Wildman–Crippen LogP) is 4.07. The van der Waals surface area contributed by atoms with E-state index in [4.69, 9.17) is 9.47 Å². The van der Waals surface area contributed by atoms with Crippen LogP contribution in [-0.4, -0.2) is 35.4 Å². The van der Waals surface area contributed by atoms with Crippen LogP contribution in [0.15, 0.2) is 30.9 Å². The molecule has 0 radical (unpaired) electrons. The molecule has 1 amide bonds. The molecule has 0 aliphatic rings. The Labute approximate surface area is 161 Å². The van der Waals surface area contributed by atoms with Gasteiger partial charge in [-0.2, -0.15) is 0 Å². The third-order valence-electron chi connectivity index (χ3n) is 3.64. The second-order valence-corrected chi connectivity index (χ2v) is 8.42. The first kappa shape index (κ1) is 22.5. The number of aliphatic carboxylic acids is 1. The molecule has 6 heteroatoms. The van der Waals surface area contributed by atoms with Crippen LogP contribution in [0.3, 0.4) is 0 Å². The fraction of sp³-hybridized carbons (Fsp3) is 0.524. The normalized spacial score (nSPS) is 12.8. The highest BCUT2D eigenvalue weighted by molar-refractivity contribution is 5.80. The van der Waals surface area contributed by atoms with Gasteiger partial charge >= 0.3 is 12.1 Å². The minimum Gasteiger partial charge on any atom is -0.489 e. The molecular formula is C21H31NO5. The SMILES string of the molecule is C=CCOc1ccc(CC(NC(=O)OC(C)(C)C)C(=O)O)cc1C(C)(C)C. The van der Waals surface area contributed by atoms with Gasteiger partial charge in [-0.3, -0.25) is 0 Å². The molecule has 0 saturated heterocycles. The first-order valence-electron chi connectivity index (χ1n) is 8.93. The zero-order valence-electron chi connectivity index (χ0n) is 17.1. The van der Waals surface area contributed by atoms with Crippen molar-refractivity contribution in [1.29, 1.82) is 0 Å². The van der Waals surface area contributed by atoms with Crippen LogP contribution in [0.25, 0.3) is 0 Å². The van der Waals surface area contributed by atoms with Gasteiger partial charge in [-0.25, -0.2) is 9.59 Å². The second kappa shape index (κ2) is 8.93. The molecule has 0 heterocycles. The molecule has 0 bridgehead atoms. The molecule has 0 spiro atoms. The van der Waals surface area contributed by atoms with Gasteiger partial charge in [0.1, 0.15) is 24.0 Å². The number of benzene rings is 1. The number of nitrogens with one attached hydrogen (secondary N) is 1. The van der Waals surface area contributed by atoms with E-state index in [0.29, 0.717) is 6.61 Å². The highest BCUT2D eigenvalue weighted by Crippen LogP contribution is 2.32. The molecule has 150 valence electrons. The number of carbonyl (C=O) groups excluding carboxylic acids is 1.